The zero-order valence-corrected chi connectivity index (χ0v) is 16.2. The fourth-order valence-electron chi connectivity index (χ4n) is 2.92. The third-order valence-corrected chi connectivity index (χ3v) is 5.43. The first-order valence-corrected chi connectivity index (χ1v) is 10.4. The maximum Gasteiger partial charge on any atom is 0.254 e. The van der Waals surface area contributed by atoms with Crippen molar-refractivity contribution in [3.63, 3.8) is 0 Å². The average molecular weight is 387 g/mol. The third kappa shape index (κ3) is 3.95. The molecule has 7 nitrogen and oxygen atoms in total. The van der Waals surface area contributed by atoms with Gasteiger partial charge >= 0.3 is 0 Å². The standard InChI is InChI=1S/C19H21N3O4S/c1-4-26-17-10-18(23)21(2)13-16(17)15-11-20-22(12-15)19(27(3,24)25)14-8-6-5-7-9-14/h5-13,19H,4H2,1-3H3. The van der Waals surface area contributed by atoms with Crippen molar-refractivity contribution < 1.29 is 13.2 Å². The Morgan fingerprint density at radius 3 is 2.52 bits per heavy atom. The van der Waals surface area contributed by atoms with Gasteiger partial charge in [0.05, 0.1) is 12.8 Å². The van der Waals surface area contributed by atoms with Crippen LogP contribution in [0, 0.1) is 0 Å². The van der Waals surface area contributed by atoms with Gasteiger partial charge in [0, 0.05) is 42.9 Å². The molecule has 0 saturated carbocycles. The van der Waals surface area contributed by atoms with Gasteiger partial charge in [0.2, 0.25) is 0 Å². The number of hydrogen-bond acceptors (Lipinski definition) is 5. The molecule has 3 aromatic rings. The summed E-state index contributed by atoms with van der Waals surface area (Å²) >= 11 is 0. The van der Waals surface area contributed by atoms with Crippen LogP contribution in [0.1, 0.15) is 17.9 Å². The molecule has 0 amide bonds. The predicted octanol–water partition coefficient (Wildman–Crippen LogP) is 2.24. The molecule has 0 saturated heterocycles. The Morgan fingerprint density at radius 2 is 1.89 bits per heavy atom. The van der Waals surface area contributed by atoms with Gasteiger partial charge in [-0.1, -0.05) is 30.3 Å². The van der Waals surface area contributed by atoms with Crippen LogP contribution in [0.15, 0.2) is 59.8 Å². The Balaban J connectivity index is 2.11. The number of sulfone groups is 1. The number of aromatic nitrogens is 3. The third-order valence-electron chi connectivity index (χ3n) is 4.13. The van der Waals surface area contributed by atoms with Crippen LogP contribution in [-0.4, -0.2) is 35.6 Å². The van der Waals surface area contributed by atoms with E-state index in [0.29, 0.717) is 29.0 Å². The molecule has 0 spiro atoms. The SMILES string of the molecule is CCOc1cc(=O)n(C)cc1-c1cnn(C(c2ccccc2)S(C)(=O)=O)c1. The molecule has 0 aliphatic heterocycles. The van der Waals surface area contributed by atoms with Gasteiger partial charge in [0.15, 0.2) is 15.2 Å². The lowest BCUT2D eigenvalue weighted by atomic mass is 10.1. The van der Waals surface area contributed by atoms with Crippen molar-refractivity contribution in [1.82, 2.24) is 14.3 Å². The number of pyridine rings is 1. The summed E-state index contributed by atoms with van der Waals surface area (Å²) in [5.74, 6) is 0.441. The molecule has 1 unspecified atom stereocenters. The number of nitrogens with zero attached hydrogens (tertiary/aromatic N) is 3. The smallest absolute Gasteiger partial charge is 0.254 e. The molecule has 1 aromatic carbocycles. The Bertz CT molecular complexity index is 1100. The first-order valence-electron chi connectivity index (χ1n) is 8.43. The van der Waals surface area contributed by atoms with Crippen LogP contribution >= 0.6 is 0 Å². The second kappa shape index (κ2) is 7.40. The molecule has 8 heteroatoms. The number of rotatable bonds is 6. The molecular formula is C19H21N3O4S. The lowest BCUT2D eigenvalue weighted by Gasteiger charge is -2.16. The molecule has 0 aliphatic rings. The summed E-state index contributed by atoms with van der Waals surface area (Å²) in [6.45, 7) is 2.24. The maximum absolute atomic E-state index is 12.4. The van der Waals surface area contributed by atoms with Gasteiger partial charge in [-0.25, -0.2) is 13.1 Å². The van der Waals surface area contributed by atoms with Crippen LogP contribution in [-0.2, 0) is 16.9 Å². The minimum absolute atomic E-state index is 0.187. The predicted molar refractivity (Wildman–Crippen MR) is 103 cm³/mol. The van der Waals surface area contributed by atoms with Crippen molar-refractivity contribution >= 4 is 9.84 Å². The number of ether oxygens (including phenoxy) is 1. The van der Waals surface area contributed by atoms with Gasteiger partial charge in [-0.05, 0) is 12.5 Å². The van der Waals surface area contributed by atoms with E-state index in [2.05, 4.69) is 5.10 Å². The summed E-state index contributed by atoms with van der Waals surface area (Å²) in [6.07, 6.45) is 6.07. The highest BCUT2D eigenvalue weighted by Crippen LogP contribution is 2.31. The van der Waals surface area contributed by atoms with E-state index in [1.807, 2.05) is 13.0 Å². The molecule has 27 heavy (non-hydrogen) atoms. The van der Waals surface area contributed by atoms with Crippen molar-refractivity contribution in [2.45, 2.75) is 12.3 Å². The molecule has 0 aliphatic carbocycles. The van der Waals surface area contributed by atoms with E-state index in [4.69, 9.17) is 4.74 Å². The lowest BCUT2D eigenvalue weighted by Crippen LogP contribution is -2.20. The zero-order chi connectivity index (χ0) is 19.6. The summed E-state index contributed by atoms with van der Waals surface area (Å²) < 4.78 is 33.3. The summed E-state index contributed by atoms with van der Waals surface area (Å²) in [5.41, 5.74) is 1.78. The van der Waals surface area contributed by atoms with Crippen LogP contribution in [0.5, 0.6) is 5.75 Å². The van der Waals surface area contributed by atoms with Gasteiger partial charge in [-0.3, -0.25) is 4.79 Å². The van der Waals surface area contributed by atoms with E-state index in [-0.39, 0.29) is 5.56 Å². The Labute approximate surface area is 157 Å². The molecule has 142 valence electrons. The van der Waals surface area contributed by atoms with Crippen LogP contribution < -0.4 is 10.3 Å². The Hall–Kier alpha value is -2.87. The van der Waals surface area contributed by atoms with E-state index in [1.54, 1.807) is 49.9 Å². The van der Waals surface area contributed by atoms with Crippen LogP contribution in [0.25, 0.3) is 11.1 Å². The largest absolute Gasteiger partial charge is 0.493 e. The topological polar surface area (TPSA) is 83.2 Å². The summed E-state index contributed by atoms with van der Waals surface area (Å²) in [7, 11) is -1.81. The normalized spacial score (nSPS) is 12.7. The quantitative estimate of drug-likeness (QED) is 0.648. The molecule has 3 rings (SSSR count). The van der Waals surface area contributed by atoms with Crippen molar-refractivity contribution in [3.8, 4) is 16.9 Å². The second-order valence-corrected chi connectivity index (χ2v) is 8.34. The first kappa shape index (κ1) is 18.9. The molecule has 0 bridgehead atoms. The van der Waals surface area contributed by atoms with Gasteiger partial charge in [0.1, 0.15) is 5.75 Å². The van der Waals surface area contributed by atoms with Gasteiger partial charge in [-0.2, -0.15) is 5.10 Å². The van der Waals surface area contributed by atoms with Crippen molar-refractivity contribution in [3.05, 3.63) is 70.9 Å². The average Bonchev–Trinajstić information content (AvgIpc) is 3.07. The van der Waals surface area contributed by atoms with Crippen molar-refractivity contribution in [2.75, 3.05) is 12.9 Å². The minimum Gasteiger partial charge on any atom is -0.493 e. The highest BCUT2D eigenvalue weighted by molar-refractivity contribution is 7.90. The molecule has 1 atom stereocenters. The molecular weight excluding hydrogens is 366 g/mol. The van der Waals surface area contributed by atoms with Gasteiger partial charge in [0.25, 0.3) is 5.56 Å². The van der Waals surface area contributed by atoms with E-state index in [0.717, 1.165) is 0 Å². The van der Waals surface area contributed by atoms with E-state index < -0.39 is 15.2 Å². The highest BCUT2D eigenvalue weighted by Gasteiger charge is 2.26. The first-order chi connectivity index (χ1) is 12.8. The lowest BCUT2D eigenvalue weighted by molar-refractivity contribution is 0.340. The van der Waals surface area contributed by atoms with Crippen LogP contribution in [0.3, 0.4) is 0 Å². The van der Waals surface area contributed by atoms with Crippen molar-refractivity contribution in [1.29, 1.82) is 0 Å². The maximum atomic E-state index is 12.4. The fraction of sp³-hybridized carbons (Fsp3) is 0.263. The van der Waals surface area contributed by atoms with Gasteiger partial charge < -0.3 is 9.30 Å². The highest BCUT2D eigenvalue weighted by atomic mass is 32.2. The van der Waals surface area contributed by atoms with Crippen LogP contribution in [0.2, 0.25) is 0 Å². The van der Waals surface area contributed by atoms with Crippen LogP contribution in [0.4, 0.5) is 0 Å². The van der Waals surface area contributed by atoms with Gasteiger partial charge in [-0.15, -0.1) is 0 Å². The molecule has 2 aromatic heterocycles. The molecule has 0 N–H and O–H groups in total. The van der Waals surface area contributed by atoms with E-state index in [1.165, 1.54) is 21.6 Å². The minimum atomic E-state index is -3.46. The Morgan fingerprint density at radius 1 is 1.19 bits per heavy atom. The molecule has 0 radical (unpaired) electrons. The van der Waals surface area contributed by atoms with Crippen molar-refractivity contribution in [2.24, 2.45) is 7.05 Å². The fourth-order valence-corrected chi connectivity index (χ4v) is 4.08. The number of aryl methyl sites for hydroxylation is 1. The zero-order valence-electron chi connectivity index (χ0n) is 15.4. The second-order valence-electron chi connectivity index (χ2n) is 6.24. The monoisotopic (exact) mass is 387 g/mol. The summed E-state index contributed by atoms with van der Waals surface area (Å²) in [5, 5.41) is 3.35. The molecule has 2 heterocycles. The summed E-state index contributed by atoms with van der Waals surface area (Å²) in [6, 6.07) is 10.3. The van der Waals surface area contributed by atoms with E-state index >= 15 is 0 Å². The summed E-state index contributed by atoms with van der Waals surface area (Å²) in [4.78, 5) is 11.9. The number of hydrogen-bond donors (Lipinski definition) is 0. The molecule has 0 fully saturated rings. The van der Waals surface area contributed by atoms with E-state index in [9.17, 15) is 13.2 Å². The number of benzene rings is 1. The Kier molecular flexibility index (Phi) is 5.18.